The van der Waals surface area contributed by atoms with Crippen LogP contribution in [0.3, 0.4) is 0 Å². The van der Waals surface area contributed by atoms with E-state index >= 15 is 0 Å². The largest absolute Gasteiger partial charge is 0.327 e. The minimum atomic E-state index is 0.426. The predicted octanol–water partition coefficient (Wildman–Crippen LogP) is 2.14. The van der Waals surface area contributed by atoms with Gasteiger partial charge < -0.3 is 5.73 Å². The van der Waals surface area contributed by atoms with E-state index in [-0.39, 0.29) is 0 Å². The highest BCUT2D eigenvalue weighted by Gasteiger charge is 2.35. The third kappa shape index (κ3) is 1.14. The van der Waals surface area contributed by atoms with Gasteiger partial charge in [0, 0.05) is 6.04 Å². The Labute approximate surface area is 73.6 Å². The van der Waals surface area contributed by atoms with Crippen LogP contribution in [0.15, 0.2) is 30.3 Å². The van der Waals surface area contributed by atoms with Gasteiger partial charge in [0.05, 0.1) is 0 Å². The molecule has 1 aliphatic rings. The normalized spacial score (nSPS) is 34.3. The van der Waals surface area contributed by atoms with Gasteiger partial charge in [0.1, 0.15) is 0 Å². The molecule has 0 aromatic heterocycles. The second kappa shape index (κ2) is 2.91. The van der Waals surface area contributed by atoms with Gasteiger partial charge in [-0.3, -0.25) is 0 Å². The van der Waals surface area contributed by atoms with Gasteiger partial charge >= 0.3 is 0 Å². The van der Waals surface area contributed by atoms with Crippen molar-refractivity contribution in [2.24, 2.45) is 11.7 Å². The molecule has 64 valence electrons. The van der Waals surface area contributed by atoms with Crippen LogP contribution in [0.4, 0.5) is 0 Å². The predicted molar refractivity (Wildman–Crippen MR) is 50.9 cm³/mol. The highest BCUT2D eigenvalue weighted by atomic mass is 14.7. The Morgan fingerprint density at radius 2 is 1.92 bits per heavy atom. The van der Waals surface area contributed by atoms with Gasteiger partial charge in [-0.05, 0) is 23.8 Å². The van der Waals surface area contributed by atoms with E-state index in [0.717, 1.165) is 6.42 Å². The van der Waals surface area contributed by atoms with E-state index in [2.05, 4.69) is 37.3 Å². The number of benzene rings is 1. The third-order valence-corrected chi connectivity index (χ3v) is 3.06. The molecule has 3 atom stereocenters. The van der Waals surface area contributed by atoms with Crippen molar-refractivity contribution in [3.05, 3.63) is 35.9 Å². The summed E-state index contributed by atoms with van der Waals surface area (Å²) < 4.78 is 0. The molecule has 1 saturated carbocycles. The Morgan fingerprint density at radius 3 is 2.42 bits per heavy atom. The molecule has 0 saturated heterocycles. The molecule has 0 heterocycles. The van der Waals surface area contributed by atoms with Crippen molar-refractivity contribution in [2.75, 3.05) is 0 Å². The van der Waals surface area contributed by atoms with Crippen LogP contribution in [0.5, 0.6) is 0 Å². The maximum atomic E-state index is 5.85. The van der Waals surface area contributed by atoms with Crippen molar-refractivity contribution in [3.8, 4) is 0 Å². The van der Waals surface area contributed by atoms with Crippen LogP contribution in [0.2, 0.25) is 0 Å². The zero-order chi connectivity index (χ0) is 8.55. The molecule has 1 aliphatic carbocycles. The molecule has 0 unspecified atom stereocenters. The summed E-state index contributed by atoms with van der Waals surface area (Å²) in [6.45, 7) is 2.24. The van der Waals surface area contributed by atoms with Crippen LogP contribution in [-0.4, -0.2) is 6.04 Å². The second-order valence-electron chi connectivity index (χ2n) is 3.78. The summed E-state index contributed by atoms with van der Waals surface area (Å²) >= 11 is 0. The molecular formula is C11H15N. The monoisotopic (exact) mass is 161 g/mol. The summed E-state index contributed by atoms with van der Waals surface area (Å²) in [7, 11) is 0. The summed E-state index contributed by atoms with van der Waals surface area (Å²) in [5.74, 6) is 1.37. The molecule has 2 N–H and O–H groups in total. The lowest BCUT2D eigenvalue weighted by molar-refractivity contribution is 0.226. The second-order valence-corrected chi connectivity index (χ2v) is 3.78. The van der Waals surface area contributed by atoms with Gasteiger partial charge in [0.15, 0.2) is 0 Å². The standard InChI is InChI=1S/C11H15N/c1-8-10(7-11(8)12)9-5-3-2-4-6-9/h2-6,8,10-11H,7,12H2,1H3/t8-,10+,11+/m0/s1. The third-order valence-electron chi connectivity index (χ3n) is 3.06. The number of nitrogens with two attached hydrogens (primary N) is 1. The molecule has 0 radical (unpaired) electrons. The lowest BCUT2D eigenvalue weighted by atomic mass is 9.67. The van der Waals surface area contributed by atoms with Crippen LogP contribution < -0.4 is 5.73 Å². The molecular weight excluding hydrogens is 146 g/mol. The zero-order valence-corrected chi connectivity index (χ0v) is 7.40. The molecule has 1 heteroatoms. The molecule has 2 rings (SSSR count). The first-order chi connectivity index (χ1) is 5.79. The Bertz CT molecular complexity index is 255. The first kappa shape index (κ1) is 7.81. The number of rotatable bonds is 1. The fraction of sp³-hybridized carbons (Fsp3) is 0.455. The van der Waals surface area contributed by atoms with Crippen LogP contribution in [-0.2, 0) is 0 Å². The van der Waals surface area contributed by atoms with Crippen molar-refractivity contribution in [1.82, 2.24) is 0 Å². The Morgan fingerprint density at radius 1 is 1.25 bits per heavy atom. The van der Waals surface area contributed by atoms with Gasteiger partial charge in [-0.2, -0.15) is 0 Å². The summed E-state index contributed by atoms with van der Waals surface area (Å²) in [6.07, 6.45) is 1.16. The summed E-state index contributed by atoms with van der Waals surface area (Å²) in [5, 5.41) is 0. The first-order valence-corrected chi connectivity index (χ1v) is 4.59. The molecule has 0 amide bonds. The summed E-state index contributed by atoms with van der Waals surface area (Å²) in [6, 6.07) is 11.1. The topological polar surface area (TPSA) is 26.0 Å². The van der Waals surface area contributed by atoms with Crippen LogP contribution >= 0.6 is 0 Å². The summed E-state index contributed by atoms with van der Waals surface area (Å²) in [4.78, 5) is 0. The van der Waals surface area contributed by atoms with E-state index in [1.54, 1.807) is 0 Å². The van der Waals surface area contributed by atoms with E-state index in [4.69, 9.17) is 5.73 Å². The fourth-order valence-corrected chi connectivity index (χ4v) is 1.96. The highest BCUT2D eigenvalue weighted by molar-refractivity contribution is 5.23. The van der Waals surface area contributed by atoms with Crippen molar-refractivity contribution in [1.29, 1.82) is 0 Å². The summed E-state index contributed by atoms with van der Waals surface area (Å²) in [5.41, 5.74) is 7.30. The van der Waals surface area contributed by atoms with Crippen molar-refractivity contribution in [3.63, 3.8) is 0 Å². The SMILES string of the molecule is C[C@@H]1[C@H](N)C[C@H]1c1ccccc1. The molecule has 12 heavy (non-hydrogen) atoms. The smallest absolute Gasteiger partial charge is 0.00763 e. The van der Waals surface area contributed by atoms with E-state index in [1.807, 2.05) is 0 Å². The van der Waals surface area contributed by atoms with Gasteiger partial charge in [0.2, 0.25) is 0 Å². The maximum absolute atomic E-state index is 5.85. The molecule has 0 bridgehead atoms. The van der Waals surface area contributed by atoms with Crippen LogP contribution in [0.25, 0.3) is 0 Å². The Balaban J connectivity index is 2.13. The lowest BCUT2D eigenvalue weighted by Crippen LogP contribution is -2.44. The molecule has 0 spiro atoms. The van der Waals surface area contributed by atoms with E-state index in [0.29, 0.717) is 17.9 Å². The molecule has 1 fully saturated rings. The number of hydrogen-bond acceptors (Lipinski definition) is 1. The van der Waals surface area contributed by atoms with E-state index in [1.165, 1.54) is 5.56 Å². The molecule has 1 aromatic rings. The minimum absolute atomic E-state index is 0.426. The minimum Gasteiger partial charge on any atom is -0.327 e. The van der Waals surface area contributed by atoms with Gasteiger partial charge in [0.25, 0.3) is 0 Å². The maximum Gasteiger partial charge on any atom is 0.00763 e. The average molecular weight is 161 g/mol. The van der Waals surface area contributed by atoms with Gasteiger partial charge in [-0.25, -0.2) is 0 Å². The molecule has 0 aliphatic heterocycles. The van der Waals surface area contributed by atoms with Crippen molar-refractivity contribution >= 4 is 0 Å². The average Bonchev–Trinajstić information content (AvgIpc) is 2.15. The number of hydrogen-bond donors (Lipinski definition) is 1. The Kier molecular flexibility index (Phi) is 1.89. The lowest BCUT2D eigenvalue weighted by Gasteiger charge is -2.40. The first-order valence-electron chi connectivity index (χ1n) is 4.59. The molecule has 1 aromatic carbocycles. The van der Waals surface area contributed by atoms with Crippen LogP contribution in [0.1, 0.15) is 24.8 Å². The highest BCUT2D eigenvalue weighted by Crippen LogP contribution is 2.40. The molecule has 1 nitrogen and oxygen atoms in total. The zero-order valence-electron chi connectivity index (χ0n) is 7.40. The van der Waals surface area contributed by atoms with E-state index < -0.39 is 0 Å². The van der Waals surface area contributed by atoms with Crippen LogP contribution in [0, 0.1) is 5.92 Å². The van der Waals surface area contributed by atoms with Crippen molar-refractivity contribution in [2.45, 2.75) is 25.3 Å². The van der Waals surface area contributed by atoms with E-state index in [9.17, 15) is 0 Å². The van der Waals surface area contributed by atoms with Crippen molar-refractivity contribution < 1.29 is 0 Å². The quantitative estimate of drug-likeness (QED) is 0.671. The fourth-order valence-electron chi connectivity index (χ4n) is 1.96. The Hall–Kier alpha value is -0.820. The van der Waals surface area contributed by atoms with Gasteiger partial charge in [-0.15, -0.1) is 0 Å². The van der Waals surface area contributed by atoms with Gasteiger partial charge in [-0.1, -0.05) is 37.3 Å².